The third-order valence-corrected chi connectivity index (χ3v) is 3.39. The molecule has 164 valence electrons. The molecule has 0 aliphatic carbocycles. The number of nitrogens with zero attached hydrogens (tertiary/aromatic N) is 1. The van der Waals surface area contributed by atoms with E-state index in [-0.39, 0.29) is 17.9 Å². The number of carbonyl (C=O) groups excluding carboxylic acids is 1. The van der Waals surface area contributed by atoms with E-state index in [2.05, 4.69) is 10.2 Å². The van der Waals surface area contributed by atoms with Crippen molar-refractivity contribution in [3.8, 4) is 0 Å². The summed E-state index contributed by atoms with van der Waals surface area (Å²) in [5, 5.41) is 2.90. The van der Waals surface area contributed by atoms with Crippen molar-refractivity contribution in [2.45, 2.75) is 26.3 Å². The molecule has 1 rings (SSSR count). The highest BCUT2D eigenvalue weighted by atomic mass is 32.2. The van der Waals surface area contributed by atoms with Crippen molar-refractivity contribution in [1.29, 1.82) is 0 Å². The van der Waals surface area contributed by atoms with Crippen molar-refractivity contribution in [3.05, 3.63) is 0 Å². The molecule has 1 saturated heterocycles. The van der Waals surface area contributed by atoms with Crippen molar-refractivity contribution in [2.24, 2.45) is 11.7 Å². The summed E-state index contributed by atoms with van der Waals surface area (Å²) >= 11 is 0. The number of nitrogens with two attached hydrogens (primary N) is 1. The maximum Gasteiger partial charge on any atom is 0.261 e. The Morgan fingerprint density at radius 2 is 1.56 bits per heavy atom. The van der Waals surface area contributed by atoms with Crippen molar-refractivity contribution in [1.82, 2.24) is 10.2 Å². The number of hydrogen-bond acceptors (Lipinski definition) is 8. The third kappa shape index (κ3) is 25.2. The smallest absolute Gasteiger partial charge is 0.261 e. The Morgan fingerprint density at radius 3 is 1.93 bits per heavy atom. The Morgan fingerprint density at radius 1 is 1.15 bits per heavy atom. The van der Waals surface area contributed by atoms with Gasteiger partial charge in [0.15, 0.2) is 0 Å². The zero-order valence-electron chi connectivity index (χ0n) is 16.3. The normalized spacial score (nSPS) is 17.4. The Kier molecular flexibility index (Phi) is 14.9. The monoisotopic (exact) mass is 435 g/mol. The van der Waals surface area contributed by atoms with Gasteiger partial charge in [-0.15, -0.1) is 0 Å². The van der Waals surface area contributed by atoms with E-state index in [1.807, 2.05) is 13.8 Å². The van der Waals surface area contributed by atoms with Gasteiger partial charge in [0, 0.05) is 26.2 Å². The topological polar surface area (TPSA) is 176 Å². The lowest BCUT2D eigenvalue weighted by molar-refractivity contribution is -0.123. The summed E-state index contributed by atoms with van der Waals surface area (Å²) in [4.78, 5) is 14.0. The predicted octanol–water partition coefficient (Wildman–Crippen LogP) is -1.18. The molecule has 0 aromatic heterocycles. The minimum absolute atomic E-state index is 0.0346. The second kappa shape index (κ2) is 14.2. The summed E-state index contributed by atoms with van der Waals surface area (Å²) in [6, 6.07) is -0.385. The van der Waals surface area contributed by atoms with Gasteiger partial charge in [0.2, 0.25) is 5.91 Å². The molecule has 1 heterocycles. The lowest BCUT2D eigenvalue weighted by Gasteiger charge is -2.27. The number of rotatable bonds is 6. The average Bonchev–Trinajstić information content (AvgIpc) is 2.51. The number of carbonyl (C=O) groups is 1. The molecule has 2 atom stereocenters. The van der Waals surface area contributed by atoms with Crippen LogP contribution in [-0.4, -0.2) is 94.7 Å². The van der Waals surface area contributed by atoms with Crippen LogP contribution in [0.4, 0.5) is 0 Å². The first-order valence-electron chi connectivity index (χ1n) is 8.33. The van der Waals surface area contributed by atoms with E-state index in [9.17, 15) is 21.6 Å². The summed E-state index contributed by atoms with van der Waals surface area (Å²) in [7, 11) is -7.33. The Bertz CT molecular complexity index is 558. The Hall–Kier alpha value is -0.830. The van der Waals surface area contributed by atoms with E-state index >= 15 is 0 Å². The molecule has 0 unspecified atom stereocenters. The van der Waals surface area contributed by atoms with Gasteiger partial charge >= 0.3 is 0 Å². The van der Waals surface area contributed by atoms with Gasteiger partial charge in [0.1, 0.15) is 0 Å². The molecule has 13 heteroatoms. The first kappa shape index (κ1) is 28.4. The van der Waals surface area contributed by atoms with Crippen molar-refractivity contribution < 1.29 is 35.5 Å². The molecule has 5 N–H and O–H groups in total. The van der Waals surface area contributed by atoms with Crippen LogP contribution in [0.15, 0.2) is 0 Å². The van der Waals surface area contributed by atoms with Gasteiger partial charge < -0.3 is 15.8 Å². The summed E-state index contributed by atoms with van der Waals surface area (Å²) < 4.78 is 57.0. The first-order valence-corrected chi connectivity index (χ1v) is 12.0. The fourth-order valence-corrected chi connectivity index (χ4v) is 1.79. The quantitative estimate of drug-likeness (QED) is 0.371. The first-order chi connectivity index (χ1) is 12.1. The lowest BCUT2D eigenvalue weighted by atomic mass is 9.99. The molecule has 0 bridgehead atoms. The van der Waals surface area contributed by atoms with Crippen LogP contribution in [0.3, 0.4) is 0 Å². The second-order valence-corrected chi connectivity index (χ2v) is 9.05. The van der Waals surface area contributed by atoms with Crippen LogP contribution < -0.4 is 11.1 Å². The van der Waals surface area contributed by atoms with Crippen LogP contribution >= 0.6 is 0 Å². The number of nitrogens with one attached hydrogen (secondary N) is 1. The van der Waals surface area contributed by atoms with Crippen LogP contribution in [-0.2, 0) is 29.8 Å². The van der Waals surface area contributed by atoms with Gasteiger partial charge in [-0.2, -0.15) is 16.8 Å². The van der Waals surface area contributed by atoms with E-state index in [0.717, 1.165) is 39.3 Å². The maximum atomic E-state index is 11.7. The molecule has 0 spiro atoms. The highest BCUT2D eigenvalue weighted by Crippen LogP contribution is 2.04. The SMILES string of the molecule is CC[C@H](C)[C@H](N)C(=O)NCCN1CCOCC1.CS(=O)(=O)O.CS(=O)(=O)O. The predicted molar refractivity (Wildman–Crippen MR) is 103 cm³/mol. The van der Waals surface area contributed by atoms with E-state index in [0.29, 0.717) is 19.1 Å². The summed E-state index contributed by atoms with van der Waals surface area (Å²) in [6.45, 7) is 9.09. The van der Waals surface area contributed by atoms with Gasteiger partial charge in [-0.05, 0) is 5.92 Å². The molecular weight excluding hydrogens is 402 g/mol. The third-order valence-electron chi connectivity index (χ3n) is 3.39. The van der Waals surface area contributed by atoms with E-state index in [4.69, 9.17) is 19.6 Å². The van der Waals surface area contributed by atoms with Crippen molar-refractivity contribution in [2.75, 3.05) is 51.9 Å². The molecule has 1 amide bonds. The second-order valence-electron chi connectivity index (χ2n) is 6.12. The molecule has 1 aliphatic rings. The fraction of sp³-hybridized carbons (Fsp3) is 0.929. The number of ether oxygens (including phenoxy) is 1. The molecule has 1 aliphatic heterocycles. The van der Waals surface area contributed by atoms with Gasteiger partial charge in [-0.3, -0.25) is 18.8 Å². The van der Waals surface area contributed by atoms with Gasteiger partial charge in [-0.1, -0.05) is 20.3 Å². The molecule has 0 aromatic carbocycles. The van der Waals surface area contributed by atoms with E-state index < -0.39 is 20.2 Å². The number of amides is 1. The van der Waals surface area contributed by atoms with Gasteiger partial charge in [-0.25, -0.2) is 0 Å². The molecule has 0 aromatic rings. The van der Waals surface area contributed by atoms with Crippen LogP contribution in [0.1, 0.15) is 20.3 Å². The maximum absolute atomic E-state index is 11.7. The lowest BCUT2D eigenvalue weighted by Crippen LogP contribution is -2.47. The summed E-state index contributed by atoms with van der Waals surface area (Å²) in [5.41, 5.74) is 5.84. The highest BCUT2D eigenvalue weighted by molar-refractivity contribution is 7.85. The van der Waals surface area contributed by atoms with E-state index in [1.54, 1.807) is 0 Å². The standard InChI is InChI=1S/C12H25N3O2.2CH4O3S/c1-3-10(2)11(13)12(16)14-4-5-15-6-8-17-9-7-15;2*1-5(2,3)4/h10-11H,3-9,13H2,1-2H3,(H,14,16);2*1H3,(H,2,3,4)/t10-,11-;;/m0../s1. The van der Waals surface area contributed by atoms with Crippen LogP contribution in [0.5, 0.6) is 0 Å². The van der Waals surface area contributed by atoms with Crippen LogP contribution in [0, 0.1) is 5.92 Å². The fourth-order valence-electron chi connectivity index (χ4n) is 1.79. The zero-order valence-corrected chi connectivity index (χ0v) is 17.9. The van der Waals surface area contributed by atoms with Crippen molar-refractivity contribution >= 4 is 26.1 Å². The largest absolute Gasteiger partial charge is 0.379 e. The molecular formula is C14H33N3O8S2. The van der Waals surface area contributed by atoms with Crippen LogP contribution in [0.25, 0.3) is 0 Å². The Balaban J connectivity index is 0. The van der Waals surface area contributed by atoms with Gasteiger partial charge in [0.25, 0.3) is 20.2 Å². The molecule has 1 fully saturated rings. The van der Waals surface area contributed by atoms with Crippen LogP contribution in [0.2, 0.25) is 0 Å². The molecule has 0 radical (unpaired) electrons. The molecule has 27 heavy (non-hydrogen) atoms. The zero-order chi connectivity index (χ0) is 21.7. The van der Waals surface area contributed by atoms with Gasteiger partial charge in [0.05, 0.1) is 31.8 Å². The van der Waals surface area contributed by atoms with Crippen molar-refractivity contribution in [3.63, 3.8) is 0 Å². The number of hydrogen-bond donors (Lipinski definition) is 4. The highest BCUT2D eigenvalue weighted by Gasteiger charge is 2.19. The molecule has 11 nitrogen and oxygen atoms in total. The van der Waals surface area contributed by atoms with E-state index in [1.165, 1.54) is 0 Å². The summed E-state index contributed by atoms with van der Waals surface area (Å²) in [5.74, 6) is 0.200. The molecule has 0 saturated carbocycles. The number of morpholine rings is 1. The minimum atomic E-state index is -3.67. The minimum Gasteiger partial charge on any atom is -0.379 e. The Labute approximate surface area is 162 Å². The average molecular weight is 436 g/mol. The summed E-state index contributed by atoms with van der Waals surface area (Å²) in [6.07, 6.45) is 2.36.